The molecule has 0 heterocycles. The fourth-order valence-corrected chi connectivity index (χ4v) is 16.5. The SMILES string of the molecule is CC(C)(C)c1cc(-c2cc(-c3cc(C(C)(C)C)cc(C(C)(C)C)c3)cc(-c3c(-c4ccccc4-c4cc(C(C)(C)C)cc(C(C)(C)C)c4)c(C(F)(F)F)c(-c4cc(-c5cc(C(C)(C)C)cc(C(C)(C)C)c5)cc(-c5cc(C(C)(C)C)cc(C(C)(C)C)c5)c4)c(-c4ccccc4-c4cc(C(C)(C)C)cc(C(C)(C)C)c4)c3C(F)(F)F)c2)cc(C(C)(C)C)c1. The molecule has 0 fully saturated rings. The first-order chi connectivity index (χ1) is 55.3. The molecule has 11 rings (SSSR count). The minimum atomic E-state index is -5.44. The van der Waals surface area contributed by atoms with Crippen LogP contribution in [0.15, 0.2) is 194 Å². The van der Waals surface area contributed by atoms with Crippen LogP contribution in [0.3, 0.4) is 0 Å². The number of halogens is 6. The van der Waals surface area contributed by atoms with Crippen LogP contribution in [0.4, 0.5) is 26.3 Å². The molecule has 0 aliphatic carbocycles. The second kappa shape index (κ2) is 31.6. The maximum absolute atomic E-state index is 19.9. The Balaban J connectivity index is 1.57. The van der Waals surface area contributed by atoms with Gasteiger partial charge in [0.1, 0.15) is 0 Å². The highest BCUT2D eigenvalue weighted by Crippen LogP contribution is 2.61. The zero-order chi connectivity index (χ0) is 91.3. The Morgan fingerprint density at radius 2 is 0.270 bits per heavy atom. The van der Waals surface area contributed by atoms with E-state index in [0.29, 0.717) is 44.5 Å². The minimum absolute atomic E-state index is 0.00162. The first-order valence-corrected chi connectivity index (χ1v) is 44.1. The highest BCUT2D eigenvalue weighted by molar-refractivity contribution is 6.08. The molecule has 0 saturated heterocycles. The Hall–Kier alpha value is -9.00. The number of alkyl halides is 6. The molecule has 0 amide bonds. The summed E-state index contributed by atoms with van der Waals surface area (Å²) < 4.78 is 119. The van der Waals surface area contributed by atoms with Crippen molar-refractivity contribution >= 4 is 0 Å². The summed E-state index contributed by atoms with van der Waals surface area (Å²) in [5.41, 5.74) is 8.71. The molecule has 122 heavy (non-hydrogen) atoms. The predicted molar refractivity (Wildman–Crippen MR) is 515 cm³/mol. The van der Waals surface area contributed by atoms with Crippen molar-refractivity contribution in [1.82, 2.24) is 0 Å². The molecule has 0 nitrogen and oxygen atoms in total. The van der Waals surface area contributed by atoms with Crippen LogP contribution in [0, 0.1) is 0 Å². The van der Waals surface area contributed by atoms with E-state index in [2.05, 4.69) is 346 Å². The highest BCUT2D eigenvalue weighted by atomic mass is 19.4. The smallest absolute Gasteiger partial charge is 0.166 e. The first-order valence-electron chi connectivity index (χ1n) is 44.1. The van der Waals surface area contributed by atoms with E-state index in [1.54, 1.807) is 48.5 Å². The van der Waals surface area contributed by atoms with E-state index >= 15 is 26.3 Å². The fourth-order valence-electron chi connectivity index (χ4n) is 16.5. The maximum Gasteiger partial charge on any atom is 0.417 e. The summed E-state index contributed by atoms with van der Waals surface area (Å²) in [6.45, 7) is 77.3. The Morgan fingerprint density at radius 1 is 0.139 bits per heavy atom. The lowest BCUT2D eigenvalue weighted by atomic mass is 9.72. The highest BCUT2D eigenvalue weighted by Gasteiger charge is 2.49. The van der Waals surface area contributed by atoms with E-state index in [4.69, 9.17) is 0 Å². The van der Waals surface area contributed by atoms with Crippen molar-refractivity contribution in [2.75, 3.05) is 0 Å². The van der Waals surface area contributed by atoms with Crippen LogP contribution in [0.1, 0.15) is 327 Å². The van der Waals surface area contributed by atoms with Crippen molar-refractivity contribution in [3.05, 3.63) is 272 Å². The summed E-state index contributed by atoms with van der Waals surface area (Å²) in [6, 6.07) is 63.8. The molecule has 0 N–H and O–H groups in total. The quantitative estimate of drug-likeness (QED) is 0.120. The third kappa shape index (κ3) is 20.3. The molecule has 11 aromatic rings. The van der Waals surface area contributed by atoms with Gasteiger partial charge in [-0.25, -0.2) is 0 Å². The average molecular weight is 1650 g/mol. The van der Waals surface area contributed by atoms with Gasteiger partial charge in [0.2, 0.25) is 0 Å². The van der Waals surface area contributed by atoms with Gasteiger partial charge in [-0.2, -0.15) is 26.3 Å². The Morgan fingerprint density at radius 3 is 0.418 bits per heavy atom. The van der Waals surface area contributed by atoms with Gasteiger partial charge in [0.25, 0.3) is 0 Å². The van der Waals surface area contributed by atoms with Crippen LogP contribution < -0.4 is 0 Å². The molecule has 0 atom stereocenters. The summed E-state index contributed by atoms with van der Waals surface area (Å²) >= 11 is 0. The number of hydrogen-bond donors (Lipinski definition) is 0. The summed E-state index contributed by atoms with van der Waals surface area (Å²) in [7, 11) is 0. The third-order valence-corrected chi connectivity index (χ3v) is 24.8. The molecule has 0 unspecified atom stereocenters. The third-order valence-electron chi connectivity index (χ3n) is 24.8. The van der Waals surface area contributed by atoms with Gasteiger partial charge in [0.05, 0.1) is 11.1 Å². The zero-order valence-electron chi connectivity index (χ0n) is 80.7. The largest absolute Gasteiger partial charge is 0.417 e. The molecular weight excluding hydrogens is 1510 g/mol. The first kappa shape index (κ1) is 93.7. The van der Waals surface area contributed by atoms with Crippen LogP contribution in [0.2, 0.25) is 0 Å². The summed E-state index contributed by atoms with van der Waals surface area (Å²) in [5.74, 6) is 0. The summed E-state index contributed by atoms with van der Waals surface area (Å²) in [5, 5.41) is 0. The number of rotatable bonds is 10. The van der Waals surface area contributed by atoms with Gasteiger partial charge in [-0.3, -0.25) is 0 Å². The van der Waals surface area contributed by atoms with Crippen LogP contribution in [-0.2, 0) is 77.3 Å². The predicted octanol–water partition coefficient (Wildman–Crippen LogP) is 36.0. The molecule has 0 bridgehead atoms. The second-order valence-electron chi connectivity index (χ2n) is 47.7. The van der Waals surface area contributed by atoms with Crippen molar-refractivity contribution in [3.8, 4) is 111 Å². The molecule has 646 valence electrons. The van der Waals surface area contributed by atoms with E-state index in [1.807, 2.05) is 48.5 Å². The van der Waals surface area contributed by atoms with Crippen molar-refractivity contribution in [2.24, 2.45) is 0 Å². The Kier molecular flexibility index (Phi) is 24.3. The lowest BCUT2D eigenvalue weighted by molar-refractivity contribution is -0.139. The van der Waals surface area contributed by atoms with E-state index in [1.165, 1.54) is 0 Å². The number of benzene rings is 11. The Bertz CT molecular complexity index is 5060. The lowest BCUT2D eigenvalue weighted by Gasteiger charge is -2.32. The molecule has 6 heteroatoms. The van der Waals surface area contributed by atoms with Gasteiger partial charge in [-0.1, -0.05) is 407 Å². The van der Waals surface area contributed by atoms with Gasteiger partial charge in [0.15, 0.2) is 0 Å². The monoisotopic (exact) mass is 1650 g/mol. The summed E-state index contributed by atoms with van der Waals surface area (Å²) in [6.07, 6.45) is -10.9. The van der Waals surface area contributed by atoms with Gasteiger partial charge in [-0.15, -0.1) is 0 Å². The second-order valence-corrected chi connectivity index (χ2v) is 47.7. The van der Waals surface area contributed by atoms with Crippen LogP contribution in [0.5, 0.6) is 0 Å². The Labute approximate surface area is 731 Å². The van der Waals surface area contributed by atoms with Gasteiger partial charge in [-0.05, 0) is 257 Å². The van der Waals surface area contributed by atoms with Crippen molar-refractivity contribution < 1.29 is 26.3 Å². The van der Waals surface area contributed by atoms with Crippen molar-refractivity contribution in [1.29, 1.82) is 0 Å². The van der Waals surface area contributed by atoms with Crippen LogP contribution in [-0.4, -0.2) is 0 Å². The van der Waals surface area contributed by atoms with Gasteiger partial charge >= 0.3 is 12.4 Å². The van der Waals surface area contributed by atoms with E-state index in [0.717, 1.165) is 89.0 Å². The topological polar surface area (TPSA) is 0 Å². The molecular formula is C116H140F6. The normalized spacial score (nSPS) is 13.7. The molecule has 0 aliphatic rings. The molecule has 0 saturated carbocycles. The average Bonchev–Trinajstić information content (AvgIpc) is 0.696. The maximum atomic E-state index is 19.9. The van der Waals surface area contributed by atoms with E-state index < -0.39 is 111 Å². The van der Waals surface area contributed by atoms with Gasteiger partial charge < -0.3 is 0 Å². The molecule has 0 aromatic heterocycles. The lowest BCUT2D eigenvalue weighted by Crippen LogP contribution is -2.19. The molecule has 0 radical (unpaired) electrons. The molecule has 0 aliphatic heterocycles. The van der Waals surface area contributed by atoms with E-state index in [-0.39, 0.29) is 22.3 Å². The molecule has 0 spiro atoms. The standard InChI is InChI=1S/C116H140F6/c1-103(2,3)81-51-73(52-82(63-81)104(4,5)6)69-45-70(74-53-83(105(7,8)9)64-84(54-74)106(10,11)12)48-79(47-69)97-99(95-43-39-37-41-93(95)77-59-89(111(25,26)27)67-90(60-77)112(28,29)30)102(116(120,121)122)98(100(101(97)115(117,118)119)96-44-40-38-42-94(96)78-61-91(113(31,32)33)68-92(62-78)114(34,35)36)80-49-71(75-55-85(107(13,14)15)65-86(56-75)108(16,17)18)46-72(50-80)76-57-87(109(19,20)21)66-88(58-76)110(22,23)24/h37-68H,1-36H3. The van der Waals surface area contributed by atoms with Gasteiger partial charge in [0, 0.05) is 22.3 Å². The van der Waals surface area contributed by atoms with Crippen molar-refractivity contribution in [3.63, 3.8) is 0 Å². The van der Waals surface area contributed by atoms with E-state index in [9.17, 15) is 0 Å². The minimum Gasteiger partial charge on any atom is -0.166 e. The van der Waals surface area contributed by atoms with Crippen LogP contribution >= 0.6 is 0 Å². The van der Waals surface area contributed by atoms with Crippen LogP contribution in [0.25, 0.3) is 111 Å². The zero-order valence-corrected chi connectivity index (χ0v) is 80.7. The number of hydrogen-bond acceptors (Lipinski definition) is 0. The molecule has 11 aromatic carbocycles. The summed E-state index contributed by atoms with van der Waals surface area (Å²) in [4.78, 5) is 0. The fraction of sp³-hybridized carbons (Fsp3) is 0.431. The van der Waals surface area contributed by atoms with Crippen molar-refractivity contribution in [2.45, 2.75) is 327 Å².